The van der Waals surface area contributed by atoms with Crippen molar-refractivity contribution >= 4 is 33.2 Å². The van der Waals surface area contributed by atoms with Gasteiger partial charge >= 0.3 is 11.9 Å². The molecule has 0 spiro atoms. The van der Waals surface area contributed by atoms with Gasteiger partial charge < -0.3 is 14.8 Å². The Morgan fingerprint density at radius 2 is 1.52 bits per heavy atom. The fourth-order valence-electron chi connectivity index (χ4n) is 6.98. The largest absolute Gasteiger partial charge is 0.468 e. The molecule has 1 N–H and O–H groups in total. The van der Waals surface area contributed by atoms with Crippen LogP contribution in [-0.4, -0.2) is 51.1 Å². The molecule has 8 nitrogen and oxygen atoms in total. The number of hydrogen-bond donors (Lipinski definition) is 1. The van der Waals surface area contributed by atoms with E-state index in [0.29, 0.717) is 23.1 Å². The number of hydrogen-bond acceptors (Lipinski definition) is 7. The minimum absolute atomic E-state index is 0.180. The lowest BCUT2D eigenvalue weighted by Crippen LogP contribution is -2.58. The first-order valence-electron chi connectivity index (χ1n) is 13.1. The minimum atomic E-state index is -4.03. The number of methoxy groups -OCH3 is 2. The van der Waals surface area contributed by atoms with Gasteiger partial charge in [-0.2, -0.15) is 4.31 Å². The highest BCUT2D eigenvalue weighted by Gasteiger charge is 2.73. The molecule has 206 valence electrons. The number of nitrogens with zero attached hydrogens (tertiary/aromatic N) is 1. The van der Waals surface area contributed by atoms with Crippen molar-refractivity contribution in [3.8, 4) is 0 Å². The third kappa shape index (κ3) is 3.44. The zero-order valence-corrected chi connectivity index (χ0v) is 23.3. The molecule has 2 atom stereocenters. The Hall–Kier alpha value is -3.95. The van der Waals surface area contributed by atoms with Crippen LogP contribution < -0.4 is 5.32 Å². The summed E-state index contributed by atoms with van der Waals surface area (Å²) in [6.45, 7) is 2.16. The van der Waals surface area contributed by atoms with Crippen LogP contribution in [0.2, 0.25) is 0 Å². The van der Waals surface area contributed by atoms with Crippen molar-refractivity contribution in [2.45, 2.75) is 35.7 Å². The molecule has 0 amide bonds. The summed E-state index contributed by atoms with van der Waals surface area (Å²) >= 11 is 0. The highest BCUT2D eigenvalue weighted by molar-refractivity contribution is 7.89. The van der Waals surface area contributed by atoms with E-state index in [-0.39, 0.29) is 17.9 Å². The Morgan fingerprint density at radius 3 is 2.17 bits per heavy atom. The van der Waals surface area contributed by atoms with Crippen LogP contribution in [0.15, 0.2) is 89.3 Å². The molecule has 2 heterocycles. The molecule has 0 unspecified atom stereocenters. The number of fused-ring (bicyclic) bond motifs is 1. The molecule has 1 aliphatic carbocycles. The second-order valence-corrected chi connectivity index (χ2v) is 12.4. The second-order valence-electron chi connectivity index (χ2n) is 10.5. The molecule has 0 aromatic heterocycles. The number of aryl methyl sites for hydroxylation is 1. The lowest BCUT2D eigenvalue weighted by Gasteiger charge is -2.42. The first-order valence-corrected chi connectivity index (χ1v) is 14.6. The van der Waals surface area contributed by atoms with Gasteiger partial charge in [-0.1, -0.05) is 66.2 Å². The van der Waals surface area contributed by atoms with Crippen molar-refractivity contribution < 1.29 is 27.5 Å². The molecule has 0 radical (unpaired) electrons. The topological polar surface area (TPSA) is 102 Å². The summed E-state index contributed by atoms with van der Waals surface area (Å²) in [5, 5.41) is 3.63. The Bertz CT molecular complexity index is 1630. The normalized spacial score (nSPS) is 23.4. The van der Waals surface area contributed by atoms with Crippen molar-refractivity contribution in [3.63, 3.8) is 0 Å². The summed E-state index contributed by atoms with van der Waals surface area (Å²) in [5.74, 6) is -2.84. The van der Waals surface area contributed by atoms with Gasteiger partial charge in [0, 0.05) is 23.2 Å². The van der Waals surface area contributed by atoms with E-state index in [2.05, 4.69) is 5.32 Å². The van der Waals surface area contributed by atoms with E-state index < -0.39 is 39.0 Å². The quantitative estimate of drug-likeness (QED) is 0.356. The summed E-state index contributed by atoms with van der Waals surface area (Å²) in [6.07, 6.45) is 0.757. The molecule has 40 heavy (non-hydrogen) atoms. The zero-order chi connectivity index (χ0) is 28.3. The van der Waals surface area contributed by atoms with E-state index in [9.17, 15) is 18.0 Å². The van der Waals surface area contributed by atoms with Crippen LogP contribution in [0.25, 0.3) is 5.57 Å². The van der Waals surface area contributed by atoms with Crippen molar-refractivity contribution in [1.29, 1.82) is 0 Å². The van der Waals surface area contributed by atoms with Gasteiger partial charge in [-0.05, 0) is 54.7 Å². The first kappa shape index (κ1) is 26.3. The van der Waals surface area contributed by atoms with Gasteiger partial charge in [0.15, 0.2) is 5.92 Å². The third-order valence-electron chi connectivity index (χ3n) is 8.64. The Balaban J connectivity index is 1.68. The molecule has 1 fully saturated rings. The molecule has 3 aliphatic rings. The van der Waals surface area contributed by atoms with Crippen molar-refractivity contribution in [2.24, 2.45) is 5.92 Å². The van der Waals surface area contributed by atoms with E-state index in [1.54, 1.807) is 24.3 Å². The maximum Gasteiger partial charge on any atom is 0.324 e. The van der Waals surface area contributed by atoms with Gasteiger partial charge in [-0.25, -0.2) is 8.42 Å². The standard InChI is InChI=1S/C31H30N2O6S/c1-20-13-15-22(16-14-20)40(36,37)33-18-17-30-19-23(26(28(34)38-2)29(35)39-3)27(21-9-5-4-6-10-21)31(30,33)32-25-12-8-7-11-24(25)30/h4-16,26,32H,17-19H2,1-3H3/t30-,31+/m1/s1. The Labute approximate surface area is 233 Å². The smallest absolute Gasteiger partial charge is 0.324 e. The monoisotopic (exact) mass is 558 g/mol. The molecule has 9 heteroatoms. The van der Waals surface area contributed by atoms with Gasteiger partial charge in [0.2, 0.25) is 10.0 Å². The fraction of sp³-hybridized carbons (Fsp3) is 0.290. The Morgan fingerprint density at radius 1 is 0.900 bits per heavy atom. The predicted octanol–water partition coefficient (Wildman–Crippen LogP) is 4.27. The number of benzene rings is 3. The third-order valence-corrected chi connectivity index (χ3v) is 10.5. The lowest BCUT2D eigenvalue weighted by molar-refractivity contribution is -0.156. The first-order chi connectivity index (χ1) is 19.2. The molecule has 3 aromatic rings. The molecular formula is C31H30N2O6S. The van der Waals surface area contributed by atoms with Crippen LogP contribution in [0, 0.1) is 12.8 Å². The van der Waals surface area contributed by atoms with Gasteiger partial charge in [0.05, 0.1) is 19.1 Å². The number of anilines is 1. The number of sulfonamides is 1. The van der Waals surface area contributed by atoms with Crippen LogP contribution in [0.1, 0.15) is 29.5 Å². The molecule has 0 bridgehead atoms. The van der Waals surface area contributed by atoms with E-state index in [1.165, 1.54) is 18.5 Å². The van der Waals surface area contributed by atoms with E-state index in [4.69, 9.17) is 9.47 Å². The van der Waals surface area contributed by atoms with Crippen molar-refractivity contribution in [2.75, 3.05) is 26.1 Å². The van der Waals surface area contributed by atoms with E-state index in [1.807, 2.05) is 61.5 Å². The Kier molecular flexibility index (Phi) is 6.12. The fourth-order valence-corrected chi connectivity index (χ4v) is 8.72. The van der Waals surface area contributed by atoms with E-state index >= 15 is 0 Å². The summed E-state index contributed by atoms with van der Waals surface area (Å²) < 4.78 is 40.7. The van der Waals surface area contributed by atoms with Gasteiger partial charge in [-0.15, -0.1) is 0 Å². The number of carbonyl (C=O) groups is 2. The van der Waals surface area contributed by atoms with Crippen LogP contribution >= 0.6 is 0 Å². The number of carbonyl (C=O) groups excluding carboxylic acids is 2. The van der Waals surface area contributed by atoms with Crippen LogP contribution in [-0.2, 0) is 34.5 Å². The number of para-hydroxylation sites is 1. The molecule has 3 aromatic carbocycles. The molecular weight excluding hydrogens is 528 g/mol. The highest BCUT2D eigenvalue weighted by Crippen LogP contribution is 2.68. The molecule has 2 aliphatic heterocycles. The van der Waals surface area contributed by atoms with Crippen LogP contribution in [0.5, 0.6) is 0 Å². The molecule has 0 saturated carbocycles. The zero-order valence-electron chi connectivity index (χ0n) is 22.5. The number of esters is 2. The second kappa shape index (κ2) is 9.31. The van der Waals surface area contributed by atoms with Crippen molar-refractivity contribution in [1.82, 2.24) is 4.31 Å². The van der Waals surface area contributed by atoms with Gasteiger partial charge in [-0.3, -0.25) is 9.59 Å². The minimum Gasteiger partial charge on any atom is -0.468 e. The predicted molar refractivity (Wildman–Crippen MR) is 150 cm³/mol. The molecule has 1 saturated heterocycles. The van der Waals surface area contributed by atoms with Crippen LogP contribution in [0.3, 0.4) is 0 Å². The van der Waals surface area contributed by atoms with Crippen molar-refractivity contribution in [3.05, 3.63) is 101 Å². The van der Waals surface area contributed by atoms with E-state index in [0.717, 1.165) is 16.8 Å². The highest BCUT2D eigenvalue weighted by atomic mass is 32.2. The van der Waals surface area contributed by atoms with Gasteiger partial charge in [0.1, 0.15) is 5.66 Å². The SMILES string of the molecule is COC(=O)C(C(=O)OC)C1=C(c2ccccc2)[C@@]23Nc4ccccc4[C@@]2(CCN3S(=O)(=O)c2ccc(C)cc2)C1. The van der Waals surface area contributed by atoms with Crippen LogP contribution in [0.4, 0.5) is 5.69 Å². The summed E-state index contributed by atoms with van der Waals surface area (Å²) in [7, 11) is -1.57. The number of ether oxygens (including phenoxy) is 2. The average Bonchev–Trinajstić information content (AvgIpc) is 3.52. The number of rotatable bonds is 6. The summed E-state index contributed by atoms with van der Waals surface area (Å²) in [4.78, 5) is 26.5. The average molecular weight is 559 g/mol. The number of nitrogens with one attached hydrogen (secondary N) is 1. The summed E-state index contributed by atoms with van der Waals surface area (Å²) in [6, 6.07) is 23.9. The lowest BCUT2D eigenvalue weighted by atomic mass is 9.71. The van der Waals surface area contributed by atoms with Gasteiger partial charge in [0.25, 0.3) is 0 Å². The molecule has 6 rings (SSSR count). The summed E-state index contributed by atoms with van der Waals surface area (Å²) in [5.41, 5.74) is 2.45. The maximum absolute atomic E-state index is 14.5. The maximum atomic E-state index is 14.5.